The number of hydrogen-bond donors (Lipinski definition) is 0. The fraction of sp³-hybridized carbons (Fsp3) is 0.556. The Morgan fingerprint density at radius 1 is 1.33 bits per heavy atom. The molecule has 1 aromatic carbocycles. The van der Waals surface area contributed by atoms with Crippen LogP contribution in [0.15, 0.2) is 12.1 Å². The molecule has 1 aliphatic heterocycles. The third-order valence-electron chi connectivity index (χ3n) is 4.00. The Balaban J connectivity index is 1.91. The molecule has 0 N–H and O–H groups in total. The van der Waals surface area contributed by atoms with Crippen molar-refractivity contribution in [2.45, 2.75) is 45.4 Å². The van der Waals surface area contributed by atoms with Gasteiger partial charge in [0, 0.05) is 18.7 Å². The SMILES string of the molecule is Cc1cc(OCC2(P)CN(C(=O)OC(C)(C)C)C2)cc(C=O)c1C. The van der Waals surface area contributed by atoms with Crippen LogP contribution >= 0.6 is 9.24 Å². The van der Waals surface area contributed by atoms with Crippen LogP contribution in [0.25, 0.3) is 0 Å². The summed E-state index contributed by atoms with van der Waals surface area (Å²) in [6, 6.07) is 3.69. The Morgan fingerprint density at radius 3 is 2.50 bits per heavy atom. The standard InChI is InChI=1S/C18H26NO4P/c1-12-6-15(7-14(8-20)13(12)2)22-11-18(24)9-19(10-18)16(21)23-17(3,4)5/h6-8H,9-11,24H2,1-5H3. The van der Waals surface area contributed by atoms with Crippen LogP contribution in [0.4, 0.5) is 4.79 Å². The van der Waals surface area contributed by atoms with Crippen molar-refractivity contribution in [2.75, 3.05) is 19.7 Å². The van der Waals surface area contributed by atoms with E-state index < -0.39 is 5.60 Å². The van der Waals surface area contributed by atoms with E-state index in [0.717, 1.165) is 17.4 Å². The van der Waals surface area contributed by atoms with Crippen LogP contribution < -0.4 is 4.74 Å². The first kappa shape index (κ1) is 18.7. The number of hydrogen-bond acceptors (Lipinski definition) is 4. The van der Waals surface area contributed by atoms with Gasteiger partial charge < -0.3 is 14.4 Å². The van der Waals surface area contributed by atoms with Crippen molar-refractivity contribution in [3.05, 3.63) is 28.8 Å². The van der Waals surface area contributed by atoms with Crippen molar-refractivity contribution in [1.29, 1.82) is 0 Å². The molecule has 6 heteroatoms. The topological polar surface area (TPSA) is 55.8 Å². The average molecular weight is 351 g/mol. The summed E-state index contributed by atoms with van der Waals surface area (Å²) >= 11 is 0. The van der Waals surface area contributed by atoms with Gasteiger partial charge in [0.1, 0.15) is 24.2 Å². The van der Waals surface area contributed by atoms with Crippen molar-refractivity contribution in [3.8, 4) is 5.75 Å². The molecule has 1 aliphatic rings. The molecule has 1 aromatic rings. The molecule has 1 atom stereocenters. The van der Waals surface area contributed by atoms with E-state index in [9.17, 15) is 9.59 Å². The van der Waals surface area contributed by atoms with Crippen LogP contribution in [-0.2, 0) is 4.74 Å². The molecule has 0 spiro atoms. The number of nitrogens with zero attached hydrogens (tertiary/aromatic N) is 1. The zero-order chi connectivity index (χ0) is 18.1. The number of aldehydes is 1. The van der Waals surface area contributed by atoms with Crippen molar-refractivity contribution in [3.63, 3.8) is 0 Å². The Bertz CT molecular complexity index is 645. The molecule has 0 aliphatic carbocycles. The van der Waals surface area contributed by atoms with E-state index in [-0.39, 0.29) is 11.2 Å². The van der Waals surface area contributed by atoms with Gasteiger partial charge in [-0.15, -0.1) is 9.24 Å². The first-order chi connectivity index (χ1) is 11.0. The summed E-state index contributed by atoms with van der Waals surface area (Å²) in [5.74, 6) is 0.678. The largest absolute Gasteiger partial charge is 0.492 e. The summed E-state index contributed by atoms with van der Waals surface area (Å²) in [6.45, 7) is 11.0. The van der Waals surface area contributed by atoms with Crippen LogP contribution in [0.1, 0.15) is 42.3 Å². The lowest BCUT2D eigenvalue weighted by atomic mass is 10.0. The van der Waals surface area contributed by atoms with Crippen LogP contribution in [-0.4, -0.2) is 47.7 Å². The smallest absolute Gasteiger partial charge is 0.410 e. The van der Waals surface area contributed by atoms with Gasteiger partial charge in [-0.1, -0.05) is 0 Å². The molecule has 24 heavy (non-hydrogen) atoms. The minimum absolute atomic E-state index is 0.183. The Morgan fingerprint density at radius 2 is 1.96 bits per heavy atom. The maximum Gasteiger partial charge on any atom is 0.410 e. The van der Waals surface area contributed by atoms with Gasteiger partial charge in [0.25, 0.3) is 0 Å². The molecule has 0 aromatic heterocycles. The van der Waals surface area contributed by atoms with Crippen LogP contribution in [0, 0.1) is 13.8 Å². The van der Waals surface area contributed by atoms with Crippen LogP contribution in [0.3, 0.4) is 0 Å². The molecule has 0 bridgehead atoms. The highest BCUT2D eigenvalue weighted by molar-refractivity contribution is 7.19. The van der Waals surface area contributed by atoms with Crippen LogP contribution in [0.5, 0.6) is 5.75 Å². The molecule has 5 nitrogen and oxygen atoms in total. The number of likely N-dealkylation sites (tertiary alicyclic amines) is 1. The molecule has 0 radical (unpaired) electrons. The van der Waals surface area contributed by atoms with Crippen molar-refractivity contribution in [2.24, 2.45) is 0 Å². The predicted octanol–water partition coefficient (Wildman–Crippen LogP) is 3.36. The fourth-order valence-corrected chi connectivity index (χ4v) is 3.07. The second-order valence-electron chi connectivity index (χ2n) is 7.56. The maximum atomic E-state index is 12.0. The molecule has 1 heterocycles. The van der Waals surface area contributed by atoms with E-state index in [0.29, 0.717) is 31.0 Å². The maximum absolute atomic E-state index is 12.0. The summed E-state index contributed by atoms with van der Waals surface area (Å²) in [6.07, 6.45) is 0.550. The number of carbonyl (C=O) groups is 2. The molecular weight excluding hydrogens is 325 g/mol. The Labute approximate surface area is 145 Å². The normalized spacial score (nSPS) is 16.3. The van der Waals surface area contributed by atoms with Crippen LogP contribution in [0.2, 0.25) is 0 Å². The summed E-state index contributed by atoms with van der Waals surface area (Å²) in [4.78, 5) is 24.8. The van der Waals surface area contributed by atoms with Gasteiger partial charge in [-0.25, -0.2) is 4.79 Å². The van der Waals surface area contributed by atoms with Gasteiger partial charge in [-0.3, -0.25) is 4.79 Å². The molecule has 1 saturated heterocycles. The van der Waals surface area contributed by atoms with Crippen molar-refractivity contribution in [1.82, 2.24) is 4.90 Å². The molecule has 132 valence electrons. The summed E-state index contributed by atoms with van der Waals surface area (Å²) in [5, 5.41) is -0.183. The first-order valence-electron chi connectivity index (χ1n) is 7.99. The lowest BCUT2D eigenvalue weighted by Gasteiger charge is -2.47. The van der Waals surface area contributed by atoms with Gasteiger partial charge in [-0.2, -0.15) is 0 Å². The number of rotatable bonds is 4. The minimum Gasteiger partial charge on any atom is -0.492 e. The minimum atomic E-state index is -0.489. The Kier molecular flexibility index (Phi) is 5.24. The lowest BCUT2D eigenvalue weighted by Crippen LogP contribution is -2.63. The third kappa shape index (κ3) is 4.47. The number of amides is 1. The number of carbonyl (C=O) groups excluding carboxylic acids is 2. The zero-order valence-corrected chi connectivity index (χ0v) is 16.2. The highest BCUT2D eigenvalue weighted by Crippen LogP contribution is 2.33. The van der Waals surface area contributed by atoms with Crippen molar-refractivity contribution >= 4 is 21.6 Å². The molecular formula is C18H26NO4P. The summed E-state index contributed by atoms with van der Waals surface area (Å²) in [7, 11) is 2.77. The quantitative estimate of drug-likeness (QED) is 0.617. The third-order valence-corrected chi connectivity index (χ3v) is 4.53. The molecule has 1 fully saturated rings. The van der Waals surface area contributed by atoms with Gasteiger partial charge in [0.05, 0.1) is 5.16 Å². The van der Waals surface area contributed by atoms with E-state index in [1.807, 2.05) is 40.7 Å². The monoisotopic (exact) mass is 351 g/mol. The fourth-order valence-electron chi connectivity index (χ4n) is 2.55. The van der Waals surface area contributed by atoms with Gasteiger partial charge in [-0.05, 0) is 57.9 Å². The van der Waals surface area contributed by atoms with Gasteiger partial charge >= 0.3 is 6.09 Å². The molecule has 1 amide bonds. The van der Waals surface area contributed by atoms with Gasteiger partial charge in [0.2, 0.25) is 0 Å². The Hall–Kier alpha value is -1.61. The molecule has 0 saturated carbocycles. The second-order valence-corrected chi connectivity index (χ2v) is 8.78. The molecule has 2 rings (SSSR count). The summed E-state index contributed by atoms with van der Waals surface area (Å²) < 4.78 is 11.2. The van der Waals surface area contributed by atoms with Gasteiger partial charge in [0.15, 0.2) is 0 Å². The predicted molar refractivity (Wildman–Crippen MR) is 97.0 cm³/mol. The average Bonchev–Trinajstić information content (AvgIpc) is 2.43. The van der Waals surface area contributed by atoms with E-state index in [4.69, 9.17) is 9.47 Å². The highest BCUT2D eigenvalue weighted by Gasteiger charge is 2.44. The molecule has 1 unspecified atom stereocenters. The lowest BCUT2D eigenvalue weighted by molar-refractivity contribution is -0.000684. The zero-order valence-electron chi connectivity index (χ0n) is 15.0. The summed E-state index contributed by atoms with van der Waals surface area (Å²) in [5.41, 5.74) is 2.15. The van der Waals surface area contributed by atoms with E-state index >= 15 is 0 Å². The van der Waals surface area contributed by atoms with E-state index in [2.05, 4.69) is 9.24 Å². The first-order valence-corrected chi connectivity index (χ1v) is 8.57. The number of aryl methyl sites for hydroxylation is 1. The highest BCUT2D eigenvalue weighted by atomic mass is 31.0. The number of benzene rings is 1. The second kappa shape index (κ2) is 6.72. The van der Waals surface area contributed by atoms with E-state index in [1.165, 1.54) is 0 Å². The number of ether oxygens (including phenoxy) is 2. The van der Waals surface area contributed by atoms with Crippen molar-refractivity contribution < 1.29 is 19.1 Å². The van der Waals surface area contributed by atoms with E-state index in [1.54, 1.807) is 11.0 Å².